The van der Waals surface area contributed by atoms with Crippen LogP contribution in [0, 0.1) is 17.7 Å². The first-order valence-corrected chi connectivity index (χ1v) is 4.83. The third-order valence-electron chi connectivity index (χ3n) is 2.06. The van der Waals surface area contributed by atoms with Crippen molar-refractivity contribution >= 4 is 17.6 Å². The number of rotatable bonds is 2. The Balaban J connectivity index is 3.10. The molecule has 0 aromatic heterocycles. The van der Waals surface area contributed by atoms with Gasteiger partial charge in [-0.2, -0.15) is 0 Å². The van der Waals surface area contributed by atoms with E-state index in [0.717, 1.165) is 12.1 Å². The first-order chi connectivity index (χ1) is 8.45. The van der Waals surface area contributed by atoms with Gasteiger partial charge in [0, 0.05) is 0 Å². The van der Waals surface area contributed by atoms with E-state index in [0.29, 0.717) is 0 Å². The van der Waals surface area contributed by atoms with Crippen molar-refractivity contribution in [1.82, 2.24) is 0 Å². The first-order valence-electron chi connectivity index (χ1n) is 4.83. The predicted molar refractivity (Wildman–Crippen MR) is 61.3 cm³/mol. The number of nitrogen functional groups attached to an aromatic ring is 1. The molecule has 0 bridgehead atoms. The van der Waals surface area contributed by atoms with Gasteiger partial charge in [0.1, 0.15) is 12.2 Å². The summed E-state index contributed by atoms with van der Waals surface area (Å²) in [4.78, 5) is 21.6. The molecule has 0 unspecified atom stereocenters. The number of carbonyl (C=O) groups excluding carboxylic acids is 1. The molecule has 0 aliphatic carbocycles. The molecule has 0 saturated heterocycles. The molecule has 0 saturated carbocycles. The van der Waals surface area contributed by atoms with E-state index in [9.17, 15) is 14.0 Å². The maximum atomic E-state index is 13.1. The molecule has 0 fully saturated rings. The maximum absolute atomic E-state index is 13.1. The summed E-state index contributed by atoms with van der Waals surface area (Å²) in [7, 11) is 1.21. The van der Waals surface area contributed by atoms with Crippen molar-refractivity contribution in [3.05, 3.63) is 29.1 Å². The van der Waals surface area contributed by atoms with Crippen molar-refractivity contribution in [2.75, 3.05) is 12.8 Å². The van der Waals surface area contributed by atoms with Gasteiger partial charge in [-0.15, -0.1) is 0 Å². The fourth-order valence-electron chi connectivity index (χ4n) is 1.18. The fraction of sp³-hybridized carbons (Fsp3) is 0.167. The van der Waals surface area contributed by atoms with Crippen molar-refractivity contribution < 1.29 is 23.8 Å². The van der Waals surface area contributed by atoms with Gasteiger partial charge < -0.3 is 15.6 Å². The number of anilines is 1. The number of carboxylic acid groups (broad SMARTS) is 1. The van der Waals surface area contributed by atoms with Gasteiger partial charge in [0.05, 0.1) is 23.9 Å². The molecular formula is C12H10FNO4. The number of halogens is 1. The molecule has 1 aromatic carbocycles. The van der Waals surface area contributed by atoms with E-state index in [-0.39, 0.29) is 23.2 Å². The Labute approximate surface area is 102 Å². The van der Waals surface area contributed by atoms with E-state index < -0.39 is 17.8 Å². The third-order valence-corrected chi connectivity index (χ3v) is 2.06. The molecule has 0 heterocycles. The lowest BCUT2D eigenvalue weighted by Gasteiger charge is -2.03. The van der Waals surface area contributed by atoms with E-state index in [2.05, 4.69) is 16.6 Å². The van der Waals surface area contributed by atoms with Gasteiger partial charge in [-0.25, -0.2) is 9.18 Å². The van der Waals surface area contributed by atoms with E-state index in [4.69, 9.17) is 10.8 Å². The largest absolute Gasteiger partial charge is 0.478 e. The van der Waals surface area contributed by atoms with Crippen molar-refractivity contribution in [2.45, 2.75) is 6.42 Å². The Morgan fingerprint density at radius 2 is 2.17 bits per heavy atom. The van der Waals surface area contributed by atoms with Crippen molar-refractivity contribution in [3.8, 4) is 11.8 Å². The van der Waals surface area contributed by atoms with Crippen LogP contribution >= 0.6 is 0 Å². The summed E-state index contributed by atoms with van der Waals surface area (Å²) in [5, 5.41) is 8.80. The molecule has 3 N–H and O–H groups in total. The summed E-state index contributed by atoms with van der Waals surface area (Å²) in [5.41, 5.74) is 5.06. The van der Waals surface area contributed by atoms with E-state index >= 15 is 0 Å². The molecule has 6 heteroatoms. The molecule has 18 heavy (non-hydrogen) atoms. The van der Waals surface area contributed by atoms with E-state index in [1.54, 1.807) is 0 Å². The number of methoxy groups -OCH3 is 1. The van der Waals surface area contributed by atoms with Crippen LogP contribution in [-0.4, -0.2) is 24.2 Å². The van der Waals surface area contributed by atoms with Gasteiger partial charge in [0.2, 0.25) is 0 Å². The Hall–Kier alpha value is -2.55. The summed E-state index contributed by atoms with van der Waals surface area (Å²) in [5.74, 6) is 2.21. The van der Waals surface area contributed by atoms with Crippen LogP contribution in [0.1, 0.15) is 22.3 Å². The Morgan fingerprint density at radius 3 is 2.72 bits per heavy atom. The van der Waals surface area contributed by atoms with Crippen LogP contribution in [0.3, 0.4) is 0 Å². The lowest BCUT2D eigenvalue weighted by atomic mass is 10.1. The quantitative estimate of drug-likeness (QED) is 0.465. The molecule has 0 aliphatic rings. The number of aromatic carboxylic acids is 1. The second-order valence-corrected chi connectivity index (χ2v) is 3.27. The molecular weight excluding hydrogens is 241 g/mol. The predicted octanol–water partition coefficient (Wildman–Crippen LogP) is 1.02. The van der Waals surface area contributed by atoms with E-state index in [1.807, 2.05) is 0 Å². The zero-order valence-corrected chi connectivity index (χ0v) is 9.49. The number of carbonyl (C=O) groups is 2. The average Bonchev–Trinajstić information content (AvgIpc) is 2.32. The SMILES string of the molecule is COC(=O)CC#Cc1cc(F)cc(C(=O)O)c1N. The highest BCUT2D eigenvalue weighted by Gasteiger charge is 2.12. The number of hydrogen-bond donors (Lipinski definition) is 2. The lowest BCUT2D eigenvalue weighted by Crippen LogP contribution is -2.05. The number of ether oxygens (including phenoxy) is 1. The minimum atomic E-state index is -1.34. The van der Waals surface area contributed by atoms with Gasteiger partial charge in [-0.3, -0.25) is 4.79 Å². The monoisotopic (exact) mass is 251 g/mol. The molecule has 94 valence electrons. The van der Waals surface area contributed by atoms with Crippen LogP contribution in [0.4, 0.5) is 10.1 Å². The highest BCUT2D eigenvalue weighted by Crippen LogP contribution is 2.19. The fourth-order valence-corrected chi connectivity index (χ4v) is 1.18. The number of nitrogens with two attached hydrogens (primary N) is 1. The third kappa shape index (κ3) is 3.22. The van der Waals surface area contributed by atoms with Crippen LogP contribution in [-0.2, 0) is 9.53 Å². The summed E-state index contributed by atoms with van der Waals surface area (Å²) in [6, 6.07) is 1.81. The highest BCUT2D eigenvalue weighted by atomic mass is 19.1. The van der Waals surface area contributed by atoms with Crippen LogP contribution in [0.15, 0.2) is 12.1 Å². The smallest absolute Gasteiger partial charge is 0.337 e. The topological polar surface area (TPSA) is 89.6 Å². The second kappa shape index (κ2) is 5.68. The lowest BCUT2D eigenvalue weighted by molar-refractivity contribution is -0.139. The standard InChI is InChI=1S/C12H10FNO4/c1-18-10(15)4-2-3-7-5-8(13)6-9(11(7)14)12(16)17/h5-6H,4,14H2,1H3,(H,16,17). The van der Waals surface area contributed by atoms with Gasteiger partial charge in [0.15, 0.2) is 0 Å². The second-order valence-electron chi connectivity index (χ2n) is 3.27. The van der Waals surface area contributed by atoms with E-state index in [1.165, 1.54) is 7.11 Å². The molecule has 0 aliphatic heterocycles. The summed E-state index contributed by atoms with van der Waals surface area (Å²) in [6.45, 7) is 0. The normalized spacial score (nSPS) is 9.22. The van der Waals surface area contributed by atoms with Crippen LogP contribution in [0.25, 0.3) is 0 Å². The highest BCUT2D eigenvalue weighted by molar-refractivity contribution is 5.95. The molecule has 0 radical (unpaired) electrons. The molecule has 1 rings (SSSR count). The minimum Gasteiger partial charge on any atom is -0.478 e. The molecule has 5 nitrogen and oxygen atoms in total. The Morgan fingerprint density at radius 1 is 1.50 bits per heavy atom. The summed E-state index contributed by atoms with van der Waals surface area (Å²) < 4.78 is 17.5. The maximum Gasteiger partial charge on any atom is 0.337 e. The van der Waals surface area contributed by atoms with Gasteiger partial charge in [0.25, 0.3) is 0 Å². The number of esters is 1. The van der Waals surface area contributed by atoms with Gasteiger partial charge in [-0.1, -0.05) is 11.8 Å². The number of carboxylic acids is 1. The Kier molecular flexibility index (Phi) is 4.27. The van der Waals surface area contributed by atoms with Crippen molar-refractivity contribution in [2.24, 2.45) is 0 Å². The average molecular weight is 251 g/mol. The minimum absolute atomic E-state index is 0.0244. The first kappa shape index (κ1) is 13.5. The molecule has 0 amide bonds. The van der Waals surface area contributed by atoms with Crippen LogP contribution in [0.5, 0.6) is 0 Å². The zero-order chi connectivity index (χ0) is 13.7. The van der Waals surface area contributed by atoms with Gasteiger partial charge in [-0.05, 0) is 12.1 Å². The zero-order valence-electron chi connectivity index (χ0n) is 9.49. The Bertz CT molecular complexity index is 557. The van der Waals surface area contributed by atoms with Crippen molar-refractivity contribution in [3.63, 3.8) is 0 Å². The molecule has 0 spiro atoms. The van der Waals surface area contributed by atoms with Crippen molar-refractivity contribution in [1.29, 1.82) is 0 Å². The van der Waals surface area contributed by atoms with Crippen LogP contribution in [0.2, 0.25) is 0 Å². The van der Waals surface area contributed by atoms with Crippen LogP contribution < -0.4 is 5.73 Å². The summed E-state index contributed by atoms with van der Waals surface area (Å²) >= 11 is 0. The number of hydrogen-bond acceptors (Lipinski definition) is 4. The number of benzene rings is 1. The molecule has 0 atom stereocenters. The van der Waals surface area contributed by atoms with Gasteiger partial charge >= 0.3 is 11.9 Å². The molecule has 1 aromatic rings. The summed E-state index contributed by atoms with van der Waals surface area (Å²) in [6.07, 6.45) is -0.186.